The van der Waals surface area contributed by atoms with Gasteiger partial charge in [-0.25, -0.2) is 13.2 Å². The molecule has 0 spiro atoms. The van der Waals surface area contributed by atoms with Gasteiger partial charge >= 0.3 is 5.97 Å². The lowest BCUT2D eigenvalue weighted by Crippen LogP contribution is -2.34. The Kier molecular flexibility index (Phi) is 4.34. The molecule has 114 valence electrons. The molecule has 1 aliphatic rings. The molecule has 0 bridgehead atoms. The summed E-state index contributed by atoms with van der Waals surface area (Å²) >= 11 is 0. The van der Waals surface area contributed by atoms with Crippen molar-refractivity contribution in [3.05, 3.63) is 36.4 Å². The summed E-state index contributed by atoms with van der Waals surface area (Å²) in [7, 11) is -2.62. The lowest BCUT2D eigenvalue weighted by Gasteiger charge is -2.21. The number of nitrogens with two attached hydrogens (primary N) is 1. The van der Waals surface area contributed by atoms with Crippen molar-refractivity contribution in [3.63, 3.8) is 0 Å². The highest BCUT2D eigenvalue weighted by molar-refractivity contribution is 7.89. The molecule has 0 aliphatic heterocycles. The summed E-state index contributed by atoms with van der Waals surface area (Å²) in [6.07, 6.45) is 3.14. The van der Waals surface area contributed by atoms with E-state index in [4.69, 9.17) is 5.73 Å². The number of nitrogen functional groups attached to an aromatic ring is 1. The SMILES string of the molecule is C=CCN(C1CC1)S(=O)(=O)c1cc(N)ccc1C(=O)OC. The van der Waals surface area contributed by atoms with Gasteiger partial charge in [-0.3, -0.25) is 0 Å². The second-order valence-electron chi connectivity index (χ2n) is 4.84. The minimum absolute atomic E-state index is 0.0126. The molecule has 0 atom stereocenters. The quantitative estimate of drug-likeness (QED) is 0.487. The predicted molar refractivity (Wildman–Crippen MR) is 79.3 cm³/mol. The summed E-state index contributed by atoms with van der Waals surface area (Å²) in [5.41, 5.74) is 5.94. The van der Waals surface area contributed by atoms with Gasteiger partial charge in [-0.1, -0.05) is 6.08 Å². The van der Waals surface area contributed by atoms with Gasteiger partial charge < -0.3 is 10.5 Å². The molecule has 1 aromatic rings. The Morgan fingerprint density at radius 3 is 2.71 bits per heavy atom. The standard InChI is InChI=1S/C14H18N2O4S/c1-3-8-16(11-5-6-11)21(18,19)13-9-10(15)4-7-12(13)14(17)20-2/h3-4,7,9,11H,1,5-6,8,15H2,2H3. The highest BCUT2D eigenvalue weighted by Gasteiger charge is 2.39. The number of hydrogen-bond acceptors (Lipinski definition) is 5. The van der Waals surface area contributed by atoms with Gasteiger partial charge in [0.1, 0.15) is 0 Å². The molecular weight excluding hydrogens is 292 g/mol. The second-order valence-corrected chi connectivity index (χ2v) is 6.70. The van der Waals surface area contributed by atoms with E-state index in [0.717, 1.165) is 12.8 Å². The first-order valence-corrected chi connectivity index (χ1v) is 7.96. The van der Waals surface area contributed by atoms with Gasteiger partial charge in [-0.15, -0.1) is 6.58 Å². The van der Waals surface area contributed by atoms with E-state index in [0.29, 0.717) is 0 Å². The summed E-state index contributed by atoms with van der Waals surface area (Å²) < 4.78 is 31.6. The number of ether oxygens (including phenoxy) is 1. The summed E-state index contributed by atoms with van der Waals surface area (Å²) in [6, 6.07) is 4.09. The maximum absolute atomic E-state index is 12.8. The number of carbonyl (C=O) groups excluding carboxylic acids is 1. The average Bonchev–Trinajstić information content (AvgIpc) is 3.28. The van der Waals surface area contributed by atoms with Crippen molar-refractivity contribution in [2.24, 2.45) is 0 Å². The van der Waals surface area contributed by atoms with Crippen LogP contribution in [0.3, 0.4) is 0 Å². The van der Waals surface area contributed by atoms with Crippen molar-refractivity contribution in [1.82, 2.24) is 4.31 Å². The first kappa shape index (κ1) is 15.5. The first-order valence-electron chi connectivity index (χ1n) is 6.52. The van der Waals surface area contributed by atoms with Crippen LogP contribution in [0.5, 0.6) is 0 Å². The van der Waals surface area contributed by atoms with Crippen LogP contribution in [-0.4, -0.2) is 38.4 Å². The summed E-state index contributed by atoms with van der Waals surface area (Å²) in [6.45, 7) is 3.78. The molecule has 0 saturated heterocycles. The third-order valence-electron chi connectivity index (χ3n) is 3.26. The highest BCUT2D eigenvalue weighted by atomic mass is 32.2. The predicted octanol–water partition coefficient (Wildman–Crippen LogP) is 1.39. The zero-order chi connectivity index (χ0) is 15.6. The number of anilines is 1. The molecule has 1 aromatic carbocycles. The summed E-state index contributed by atoms with van der Waals surface area (Å²) in [4.78, 5) is 11.7. The van der Waals surface area contributed by atoms with Crippen molar-refractivity contribution >= 4 is 21.7 Å². The van der Waals surface area contributed by atoms with Crippen LogP contribution >= 0.6 is 0 Å². The van der Waals surface area contributed by atoms with Crippen LogP contribution in [0, 0.1) is 0 Å². The molecule has 2 N–H and O–H groups in total. The number of hydrogen-bond donors (Lipinski definition) is 1. The number of esters is 1. The molecule has 0 heterocycles. The molecule has 21 heavy (non-hydrogen) atoms. The van der Waals surface area contributed by atoms with Gasteiger partial charge in [-0.05, 0) is 31.0 Å². The minimum Gasteiger partial charge on any atom is -0.465 e. The highest BCUT2D eigenvalue weighted by Crippen LogP contribution is 2.33. The van der Waals surface area contributed by atoms with E-state index in [2.05, 4.69) is 11.3 Å². The largest absolute Gasteiger partial charge is 0.465 e. The molecule has 1 fully saturated rings. The van der Waals surface area contributed by atoms with Crippen LogP contribution in [0.4, 0.5) is 5.69 Å². The fourth-order valence-corrected chi connectivity index (χ4v) is 3.96. The molecular formula is C14H18N2O4S. The molecule has 6 nitrogen and oxygen atoms in total. The molecule has 0 aromatic heterocycles. The summed E-state index contributed by atoms with van der Waals surface area (Å²) in [5.74, 6) is -0.706. The van der Waals surface area contributed by atoms with Crippen molar-refractivity contribution < 1.29 is 17.9 Å². The fraction of sp³-hybridized carbons (Fsp3) is 0.357. The van der Waals surface area contributed by atoms with Crippen molar-refractivity contribution in [2.45, 2.75) is 23.8 Å². The Morgan fingerprint density at radius 1 is 1.52 bits per heavy atom. The lowest BCUT2D eigenvalue weighted by molar-refractivity contribution is 0.0596. The second kappa shape index (κ2) is 5.87. The number of benzene rings is 1. The van der Waals surface area contributed by atoms with Crippen LogP contribution < -0.4 is 5.73 Å². The van der Waals surface area contributed by atoms with Gasteiger partial charge in [-0.2, -0.15) is 4.31 Å². The van der Waals surface area contributed by atoms with Crippen LogP contribution in [0.1, 0.15) is 23.2 Å². The van der Waals surface area contributed by atoms with Crippen LogP contribution in [0.15, 0.2) is 35.7 Å². The number of methoxy groups -OCH3 is 1. The first-order chi connectivity index (χ1) is 9.91. The number of sulfonamides is 1. The van der Waals surface area contributed by atoms with E-state index in [1.807, 2.05) is 0 Å². The number of rotatable bonds is 6. The van der Waals surface area contributed by atoms with E-state index in [9.17, 15) is 13.2 Å². The minimum atomic E-state index is -3.83. The molecule has 7 heteroatoms. The van der Waals surface area contributed by atoms with E-state index < -0.39 is 16.0 Å². The number of carbonyl (C=O) groups is 1. The van der Waals surface area contributed by atoms with Gasteiger partial charge in [0.25, 0.3) is 0 Å². The summed E-state index contributed by atoms with van der Waals surface area (Å²) in [5, 5.41) is 0. The lowest BCUT2D eigenvalue weighted by atomic mass is 10.2. The monoisotopic (exact) mass is 310 g/mol. The Labute approximate surface area is 124 Å². The van der Waals surface area contributed by atoms with E-state index in [1.54, 1.807) is 0 Å². The third kappa shape index (κ3) is 3.08. The topological polar surface area (TPSA) is 89.7 Å². The Morgan fingerprint density at radius 2 is 2.19 bits per heavy atom. The molecule has 1 saturated carbocycles. The van der Waals surface area contributed by atoms with Crippen molar-refractivity contribution in [2.75, 3.05) is 19.4 Å². The maximum Gasteiger partial charge on any atom is 0.339 e. The van der Waals surface area contributed by atoms with Gasteiger partial charge in [0.15, 0.2) is 0 Å². The molecule has 1 aliphatic carbocycles. The van der Waals surface area contributed by atoms with Crippen molar-refractivity contribution in [1.29, 1.82) is 0 Å². The Balaban J connectivity index is 2.54. The van der Waals surface area contributed by atoms with Gasteiger partial charge in [0.05, 0.1) is 17.6 Å². The van der Waals surface area contributed by atoms with Crippen LogP contribution in [-0.2, 0) is 14.8 Å². The fourth-order valence-electron chi connectivity index (χ4n) is 2.09. The van der Waals surface area contributed by atoms with Crippen LogP contribution in [0.2, 0.25) is 0 Å². The normalized spacial score (nSPS) is 15.0. The zero-order valence-electron chi connectivity index (χ0n) is 11.8. The Hall–Kier alpha value is -1.86. The van der Waals surface area contributed by atoms with Gasteiger partial charge in [0.2, 0.25) is 10.0 Å². The third-order valence-corrected chi connectivity index (χ3v) is 5.22. The number of nitrogens with zero attached hydrogens (tertiary/aromatic N) is 1. The van der Waals surface area contributed by atoms with E-state index in [1.165, 1.54) is 35.7 Å². The molecule has 0 amide bonds. The van der Waals surface area contributed by atoms with E-state index >= 15 is 0 Å². The Bertz CT molecular complexity index is 666. The average molecular weight is 310 g/mol. The molecule has 2 rings (SSSR count). The smallest absolute Gasteiger partial charge is 0.339 e. The molecule has 0 unspecified atom stereocenters. The van der Waals surface area contributed by atoms with Gasteiger partial charge in [0, 0.05) is 18.3 Å². The van der Waals surface area contributed by atoms with Crippen molar-refractivity contribution in [3.8, 4) is 0 Å². The van der Waals surface area contributed by atoms with Crippen LogP contribution in [0.25, 0.3) is 0 Å². The zero-order valence-corrected chi connectivity index (χ0v) is 12.6. The van der Waals surface area contributed by atoms with E-state index in [-0.39, 0.29) is 28.7 Å². The maximum atomic E-state index is 12.8. The molecule has 0 radical (unpaired) electrons.